The predicted octanol–water partition coefficient (Wildman–Crippen LogP) is 4.44. The van der Waals surface area contributed by atoms with Crippen LogP contribution < -0.4 is 10.1 Å². The van der Waals surface area contributed by atoms with Crippen molar-refractivity contribution >= 4 is 23.4 Å². The van der Waals surface area contributed by atoms with Gasteiger partial charge >= 0.3 is 6.09 Å². The van der Waals surface area contributed by atoms with Crippen LogP contribution in [0.5, 0.6) is 5.75 Å². The Morgan fingerprint density at radius 1 is 1.21 bits per heavy atom. The fourth-order valence-corrected chi connectivity index (χ4v) is 4.14. The zero-order valence-corrected chi connectivity index (χ0v) is 22.0. The Balaban J connectivity index is 1.75. The Hall–Kier alpha value is -3.70. The quantitative estimate of drug-likeness (QED) is 0.234. The molecule has 11 nitrogen and oxygen atoms in total. The van der Waals surface area contributed by atoms with Gasteiger partial charge < -0.3 is 24.2 Å². The summed E-state index contributed by atoms with van der Waals surface area (Å²) in [5, 5.41) is 23.2. The molecule has 1 aliphatic rings. The zero-order valence-electron chi connectivity index (χ0n) is 22.0. The molecule has 1 aliphatic heterocycles. The molecule has 2 amide bonds. The van der Waals surface area contributed by atoms with E-state index in [2.05, 4.69) is 5.32 Å². The van der Waals surface area contributed by atoms with E-state index in [0.717, 1.165) is 12.0 Å². The van der Waals surface area contributed by atoms with Gasteiger partial charge in [-0.05, 0) is 62.9 Å². The first kappa shape index (κ1) is 28.9. The van der Waals surface area contributed by atoms with E-state index in [0.29, 0.717) is 43.9 Å². The van der Waals surface area contributed by atoms with Crippen molar-refractivity contribution < 1.29 is 33.8 Å². The van der Waals surface area contributed by atoms with Gasteiger partial charge in [0.15, 0.2) is 0 Å². The van der Waals surface area contributed by atoms with Crippen LogP contribution in [0, 0.1) is 17.0 Å². The minimum Gasteiger partial charge on any atom is -0.493 e. The second-order valence-electron chi connectivity index (χ2n) is 9.39. The van der Waals surface area contributed by atoms with Gasteiger partial charge in [-0.25, -0.2) is 4.79 Å². The Bertz CT molecular complexity index is 1120. The molecule has 0 radical (unpaired) electrons. The number of ether oxygens (including phenoxy) is 3. The number of likely N-dealkylation sites (tertiary alicyclic amines) is 1. The lowest BCUT2D eigenvalue weighted by atomic mass is 10.1. The van der Waals surface area contributed by atoms with E-state index >= 15 is 0 Å². The number of anilines is 1. The molecule has 2 N–H and O–H groups in total. The molecule has 11 heteroatoms. The molecule has 1 heterocycles. The van der Waals surface area contributed by atoms with Crippen molar-refractivity contribution in [3.63, 3.8) is 0 Å². The normalized spacial score (nSPS) is 15.0. The summed E-state index contributed by atoms with van der Waals surface area (Å²) in [5.74, 6) is 0.212. The van der Waals surface area contributed by atoms with Crippen LogP contribution in [0.3, 0.4) is 0 Å². The molecule has 1 fully saturated rings. The van der Waals surface area contributed by atoms with E-state index in [1.165, 1.54) is 24.3 Å². The third kappa shape index (κ3) is 7.90. The fraction of sp³-hybridized carbons (Fsp3) is 0.481. The number of non-ortho nitro benzene ring substituents is 1. The second kappa shape index (κ2) is 13.7. The predicted molar refractivity (Wildman–Crippen MR) is 140 cm³/mol. The fourth-order valence-electron chi connectivity index (χ4n) is 4.14. The van der Waals surface area contributed by atoms with Gasteiger partial charge in [0.25, 0.3) is 11.6 Å². The third-order valence-electron chi connectivity index (χ3n) is 6.15. The maximum Gasteiger partial charge on any atom is 0.411 e. The summed E-state index contributed by atoms with van der Waals surface area (Å²) in [6.45, 7) is 6.94. The van der Waals surface area contributed by atoms with Crippen LogP contribution in [0.25, 0.3) is 0 Å². The number of carbonyl (C=O) groups is 2. The number of nitro groups is 1. The molecular formula is C27H35N3O8. The maximum absolute atomic E-state index is 13.4. The molecule has 0 unspecified atom stereocenters. The number of aliphatic hydroxyl groups is 1. The van der Waals surface area contributed by atoms with E-state index < -0.39 is 11.0 Å². The molecule has 2 aromatic carbocycles. The number of nitro benzene ring substituents is 1. The topological polar surface area (TPSA) is 140 Å². The first-order valence-electron chi connectivity index (χ1n) is 12.7. The van der Waals surface area contributed by atoms with Crippen molar-refractivity contribution in [2.45, 2.75) is 58.8 Å². The highest BCUT2D eigenvalue weighted by molar-refractivity contribution is 6.03. The lowest BCUT2D eigenvalue weighted by Crippen LogP contribution is -2.38. The monoisotopic (exact) mass is 529 g/mol. The SMILES string of the molecule is Cc1cc(C(=O)N2CCC[C@H]2CO)c(NC(=O)OCc2ccc([N+](=O)[O-])cc2)cc1OCCCOC(C)C. The van der Waals surface area contributed by atoms with Crippen molar-refractivity contribution in [3.05, 3.63) is 63.2 Å². The van der Waals surface area contributed by atoms with Crippen molar-refractivity contribution in [3.8, 4) is 5.75 Å². The van der Waals surface area contributed by atoms with Crippen molar-refractivity contribution in [2.24, 2.45) is 0 Å². The molecule has 0 spiro atoms. The summed E-state index contributed by atoms with van der Waals surface area (Å²) in [4.78, 5) is 38.0. The zero-order chi connectivity index (χ0) is 27.7. The van der Waals surface area contributed by atoms with Gasteiger partial charge in [-0.2, -0.15) is 0 Å². The lowest BCUT2D eigenvalue weighted by molar-refractivity contribution is -0.384. The van der Waals surface area contributed by atoms with E-state index in [1.54, 1.807) is 17.0 Å². The standard InChI is InChI=1S/C27H35N3O8/c1-18(2)36-12-5-13-37-25-15-24(23(14-19(25)3)26(32)29-11-4-6-22(29)16-31)28-27(33)38-17-20-7-9-21(10-8-20)30(34)35/h7-10,14-15,18,22,31H,4-6,11-13,16-17H2,1-3H3,(H,28,33)/t22-/m0/s1. The minimum atomic E-state index is -0.794. The molecule has 0 bridgehead atoms. The molecule has 38 heavy (non-hydrogen) atoms. The van der Waals surface area contributed by atoms with Crippen LogP contribution >= 0.6 is 0 Å². The number of aryl methyl sites for hydroxylation is 1. The largest absolute Gasteiger partial charge is 0.493 e. The van der Waals surface area contributed by atoms with E-state index in [9.17, 15) is 24.8 Å². The van der Waals surface area contributed by atoms with Crippen molar-refractivity contribution in [1.29, 1.82) is 0 Å². The summed E-state index contributed by atoms with van der Waals surface area (Å²) in [5.41, 5.74) is 1.73. The number of hydrogen-bond donors (Lipinski definition) is 2. The first-order chi connectivity index (χ1) is 18.2. The highest BCUT2D eigenvalue weighted by Gasteiger charge is 2.31. The Morgan fingerprint density at radius 2 is 1.95 bits per heavy atom. The molecule has 1 atom stereocenters. The highest BCUT2D eigenvalue weighted by Crippen LogP contribution is 2.30. The van der Waals surface area contributed by atoms with Gasteiger partial charge in [0.2, 0.25) is 0 Å². The first-order valence-corrected chi connectivity index (χ1v) is 12.7. The number of nitrogens with one attached hydrogen (secondary N) is 1. The van der Waals surface area contributed by atoms with Crippen LogP contribution in [0.4, 0.5) is 16.2 Å². The Kier molecular flexibility index (Phi) is 10.4. The minimum absolute atomic E-state index is 0.0626. The summed E-state index contributed by atoms with van der Waals surface area (Å²) in [6.07, 6.45) is 1.50. The Labute approximate surface area is 221 Å². The van der Waals surface area contributed by atoms with E-state index in [4.69, 9.17) is 14.2 Å². The van der Waals surface area contributed by atoms with Crippen LogP contribution in [0.15, 0.2) is 36.4 Å². The number of benzene rings is 2. The number of amides is 2. The molecule has 0 aliphatic carbocycles. The average molecular weight is 530 g/mol. The number of hydrogen-bond acceptors (Lipinski definition) is 8. The third-order valence-corrected chi connectivity index (χ3v) is 6.15. The van der Waals surface area contributed by atoms with Gasteiger partial charge in [0.1, 0.15) is 12.4 Å². The molecule has 0 saturated carbocycles. The summed E-state index contributed by atoms with van der Waals surface area (Å²) in [6, 6.07) is 8.66. The van der Waals surface area contributed by atoms with Crippen LogP contribution in [0.2, 0.25) is 0 Å². The molecular weight excluding hydrogens is 494 g/mol. The number of carbonyl (C=O) groups excluding carboxylic acids is 2. The van der Waals surface area contributed by atoms with Crippen molar-refractivity contribution in [1.82, 2.24) is 4.90 Å². The second-order valence-corrected chi connectivity index (χ2v) is 9.39. The number of aliphatic hydroxyl groups excluding tert-OH is 1. The van der Waals surface area contributed by atoms with Crippen molar-refractivity contribution in [2.75, 3.05) is 31.7 Å². The average Bonchev–Trinajstić information content (AvgIpc) is 3.37. The molecule has 2 aromatic rings. The smallest absolute Gasteiger partial charge is 0.411 e. The van der Waals surface area contributed by atoms with Gasteiger partial charge in [-0.15, -0.1) is 0 Å². The lowest BCUT2D eigenvalue weighted by Gasteiger charge is -2.25. The van der Waals surface area contributed by atoms with E-state index in [-0.39, 0.29) is 48.2 Å². The van der Waals surface area contributed by atoms with Gasteiger partial charge in [0, 0.05) is 31.2 Å². The summed E-state index contributed by atoms with van der Waals surface area (Å²) >= 11 is 0. The van der Waals surface area contributed by atoms with E-state index in [1.807, 2.05) is 20.8 Å². The van der Waals surface area contributed by atoms with Crippen LogP contribution in [0.1, 0.15) is 54.6 Å². The van der Waals surface area contributed by atoms with Gasteiger partial charge in [0.05, 0.1) is 48.1 Å². The summed E-state index contributed by atoms with van der Waals surface area (Å²) < 4.78 is 16.7. The Morgan fingerprint density at radius 3 is 2.61 bits per heavy atom. The van der Waals surface area contributed by atoms with Gasteiger partial charge in [-0.3, -0.25) is 20.2 Å². The molecule has 1 saturated heterocycles. The highest BCUT2D eigenvalue weighted by atomic mass is 16.6. The number of rotatable bonds is 12. The van der Waals surface area contributed by atoms with Gasteiger partial charge in [-0.1, -0.05) is 0 Å². The molecule has 3 rings (SSSR count). The molecule has 206 valence electrons. The number of nitrogens with zero attached hydrogens (tertiary/aromatic N) is 2. The maximum atomic E-state index is 13.4. The molecule has 0 aromatic heterocycles. The summed E-state index contributed by atoms with van der Waals surface area (Å²) in [7, 11) is 0. The van der Waals surface area contributed by atoms with Crippen LogP contribution in [-0.2, 0) is 16.1 Å². The van der Waals surface area contributed by atoms with Crippen LogP contribution in [-0.4, -0.2) is 65.4 Å².